The third-order valence-corrected chi connectivity index (χ3v) is 4.24. The third kappa shape index (κ3) is 3.50. The Labute approximate surface area is 120 Å². The van der Waals surface area contributed by atoms with E-state index in [0.717, 1.165) is 25.9 Å². The standard InChI is InChI=1S/C16H24N2O2/c1-16(2,3)12-6-5-10-18(11-9-12)15(20)13-7-4-8-14(19)17-13/h4,7-8,12H,5-6,9-11H2,1-3H3,(H,17,19). The Morgan fingerprint density at radius 2 is 2.00 bits per heavy atom. The number of carbonyl (C=O) groups is 1. The molecule has 0 spiro atoms. The number of rotatable bonds is 1. The average Bonchev–Trinajstić information content (AvgIpc) is 2.63. The summed E-state index contributed by atoms with van der Waals surface area (Å²) < 4.78 is 0. The third-order valence-electron chi connectivity index (χ3n) is 4.24. The molecule has 0 saturated carbocycles. The highest BCUT2D eigenvalue weighted by Crippen LogP contribution is 2.34. The van der Waals surface area contributed by atoms with E-state index in [2.05, 4.69) is 25.8 Å². The summed E-state index contributed by atoms with van der Waals surface area (Å²) in [6.45, 7) is 8.36. The summed E-state index contributed by atoms with van der Waals surface area (Å²) in [6.07, 6.45) is 3.23. The summed E-state index contributed by atoms with van der Waals surface area (Å²) in [7, 11) is 0. The highest BCUT2D eigenvalue weighted by atomic mass is 16.2. The number of hydrogen-bond acceptors (Lipinski definition) is 2. The number of aromatic amines is 1. The Kier molecular flexibility index (Phi) is 4.31. The van der Waals surface area contributed by atoms with Gasteiger partial charge in [0, 0.05) is 19.2 Å². The lowest BCUT2D eigenvalue weighted by Gasteiger charge is -2.29. The van der Waals surface area contributed by atoms with Crippen molar-refractivity contribution in [2.24, 2.45) is 11.3 Å². The van der Waals surface area contributed by atoms with Gasteiger partial charge in [-0.1, -0.05) is 26.8 Å². The molecule has 1 atom stereocenters. The second kappa shape index (κ2) is 5.81. The highest BCUT2D eigenvalue weighted by Gasteiger charge is 2.28. The summed E-state index contributed by atoms with van der Waals surface area (Å²) in [5, 5.41) is 0. The molecular weight excluding hydrogens is 252 g/mol. The maximum Gasteiger partial charge on any atom is 0.270 e. The van der Waals surface area contributed by atoms with Gasteiger partial charge in [-0.25, -0.2) is 0 Å². The first kappa shape index (κ1) is 14.8. The van der Waals surface area contributed by atoms with Gasteiger partial charge in [0.05, 0.1) is 0 Å². The van der Waals surface area contributed by atoms with E-state index in [9.17, 15) is 9.59 Å². The summed E-state index contributed by atoms with van der Waals surface area (Å²) in [5.74, 6) is 0.590. The molecular formula is C16H24N2O2. The van der Waals surface area contributed by atoms with Crippen LogP contribution in [0.4, 0.5) is 0 Å². The lowest BCUT2D eigenvalue weighted by atomic mass is 9.77. The van der Waals surface area contributed by atoms with Crippen LogP contribution in [0.2, 0.25) is 0 Å². The van der Waals surface area contributed by atoms with Crippen LogP contribution in [0.1, 0.15) is 50.5 Å². The van der Waals surface area contributed by atoms with Gasteiger partial charge in [-0.3, -0.25) is 9.59 Å². The van der Waals surface area contributed by atoms with Crippen molar-refractivity contribution in [2.75, 3.05) is 13.1 Å². The Bertz CT molecular complexity index is 528. The van der Waals surface area contributed by atoms with Crippen molar-refractivity contribution < 1.29 is 4.79 Å². The molecule has 110 valence electrons. The van der Waals surface area contributed by atoms with E-state index in [1.165, 1.54) is 12.5 Å². The normalized spacial score (nSPS) is 20.6. The molecule has 0 radical (unpaired) electrons. The van der Waals surface area contributed by atoms with Crippen LogP contribution in [0, 0.1) is 11.3 Å². The summed E-state index contributed by atoms with van der Waals surface area (Å²) in [5.41, 5.74) is 0.463. The number of H-pyrrole nitrogens is 1. The number of aromatic nitrogens is 1. The van der Waals surface area contributed by atoms with Crippen molar-refractivity contribution in [3.8, 4) is 0 Å². The minimum absolute atomic E-state index is 0.0581. The van der Waals surface area contributed by atoms with Gasteiger partial charge >= 0.3 is 0 Å². The van der Waals surface area contributed by atoms with E-state index in [-0.39, 0.29) is 11.5 Å². The second-order valence-corrected chi connectivity index (χ2v) is 6.71. The van der Waals surface area contributed by atoms with E-state index >= 15 is 0 Å². The second-order valence-electron chi connectivity index (χ2n) is 6.71. The Morgan fingerprint density at radius 3 is 2.65 bits per heavy atom. The predicted molar refractivity (Wildman–Crippen MR) is 79.8 cm³/mol. The molecule has 0 aromatic carbocycles. The molecule has 4 nitrogen and oxygen atoms in total. The Morgan fingerprint density at radius 1 is 1.25 bits per heavy atom. The number of hydrogen-bond donors (Lipinski definition) is 1. The molecule has 0 bridgehead atoms. The van der Waals surface area contributed by atoms with Crippen molar-refractivity contribution in [2.45, 2.75) is 40.0 Å². The quantitative estimate of drug-likeness (QED) is 0.857. The largest absolute Gasteiger partial charge is 0.337 e. The highest BCUT2D eigenvalue weighted by molar-refractivity contribution is 5.92. The van der Waals surface area contributed by atoms with Crippen LogP contribution in [0.25, 0.3) is 0 Å². The smallest absolute Gasteiger partial charge is 0.270 e. The zero-order valence-electron chi connectivity index (χ0n) is 12.6. The fraction of sp³-hybridized carbons (Fsp3) is 0.625. The van der Waals surface area contributed by atoms with E-state index in [0.29, 0.717) is 17.0 Å². The van der Waals surface area contributed by atoms with Gasteiger partial charge in [0.1, 0.15) is 5.69 Å². The van der Waals surface area contributed by atoms with Crippen LogP contribution < -0.4 is 5.56 Å². The van der Waals surface area contributed by atoms with Gasteiger partial charge in [0.15, 0.2) is 0 Å². The zero-order chi connectivity index (χ0) is 14.8. The molecule has 1 N–H and O–H groups in total. The molecule has 1 aliphatic rings. The molecule has 20 heavy (non-hydrogen) atoms. The lowest BCUT2D eigenvalue weighted by Crippen LogP contribution is -2.34. The molecule has 1 unspecified atom stereocenters. The molecule has 1 amide bonds. The molecule has 2 heterocycles. The number of amides is 1. The number of nitrogens with zero attached hydrogens (tertiary/aromatic N) is 1. The number of carbonyl (C=O) groups excluding carboxylic acids is 1. The molecule has 0 aliphatic carbocycles. The predicted octanol–water partition coefficient (Wildman–Crippen LogP) is 2.66. The van der Waals surface area contributed by atoms with Crippen LogP contribution in [0.3, 0.4) is 0 Å². The van der Waals surface area contributed by atoms with Crippen molar-refractivity contribution >= 4 is 5.91 Å². The molecule has 1 saturated heterocycles. The minimum Gasteiger partial charge on any atom is -0.337 e. The van der Waals surface area contributed by atoms with Crippen molar-refractivity contribution in [1.82, 2.24) is 9.88 Å². The minimum atomic E-state index is -0.224. The molecule has 2 rings (SSSR count). The first-order valence-electron chi connectivity index (χ1n) is 7.36. The maximum absolute atomic E-state index is 12.4. The van der Waals surface area contributed by atoms with Gasteiger partial charge < -0.3 is 9.88 Å². The molecule has 1 aromatic heterocycles. The lowest BCUT2D eigenvalue weighted by molar-refractivity contribution is 0.0749. The van der Waals surface area contributed by atoms with Crippen LogP contribution in [-0.4, -0.2) is 28.9 Å². The fourth-order valence-electron chi connectivity index (χ4n) is 2.91. The van der Waals surface area contributed by atoms with Crippen molar-refractivity contribution in [3.05, 3.63) is 34.2 Å². The van der Waals surface area contributed by atoms with Crippen LogP contribution >= 0.6 is 0 Å². The van der Waals surface area contributed by atoms with Crippen molar-refractivity contribution in [3.63, 3.8) is 0 Å². The van der Waals surface area contributed by atoms with E-state index in [4.69, 9.17) is 0 Å². The van der Waals surface area contributed by atoms with Gasteiger partial charge in [-0.2, -0.15) is 0 Å². The number of likely N-dealkylation sites (tertiary alicyclic amines) is 1. The number of pyridine rings is 1. The summed E-state index contributed by atoms with van der Waals surface area (Å²) in [4.78, 5) is 28.2. The topological polar surface area (TPSA) is 53.2 Å². The average molecular weight is 276 g/mol. The van der Waals surface area contributed by atoms with E-state index < -0.39 is 0 Å². The molecule has 1 aliphatic heterocycles. The van der Waals surface area contributed by atoms with Crippen LogP contribution in [0.15, 0.2) is 23.0 Å². The Hall–Kier alpha value is -1.58. The van der Waals surface area contributed by atoms with Gasteiger partial charge in [-0.15, -0.1) is 0 Å². The number of nitrogens with one attached hydrogen (secondary N) is 1. The van der Waals surface area contributed by atoms with Crippen molar-refractivity contribution in [1.29, 1.82) is 0 Å². The summed E-state index contributed by atoms with van der Waals surface area (Å²) in [6, 6.07) is 4.73. The first-order chi connectivity index (χ1) is 9.38. The fourth-order valence-corrected chi connectivity index (χ4v) is 2.91. The monoisotopic (exact) mass is 276 g/mol. The van der Waals surface area contributed by atoms with Gasteiger partial charge in [0.25, 0.3) is 5.91 Å². The molecule has 1 aromatic rings. The molecule has 1 fully saturated rings. The van der Waals surface area contributed by atoms with Crippen LogP contribution in [0.5, 0.6) is 0 Å². The van der Waals surface area contributed by atoms with Gasteiger partial charge in [0.2, 0.25) is 5.56 Å². The zero-order valence-corrected chi connectivity index (χ0v) is 12.6. The first-order valence-corrected chi connectivity index (χ1v) is 7.36. The summed E-state index contributed by atoms with van der Waals surface area (Å²) >= 11 is 0. The van der Waals surface area contributed by atoms with Gasteiger partial charge in [-0.05, 0) is 36.7 Å². The maximum atomic E-state index is 12.4. The van der Waals surface area contributed by atoms with E-state index in [1.807, 2.05) is 4.90 Å². The van der Waals surface area contributed by atoms with E-state index in [1.54, 1.807) is 12.1 Å². The molecule has 4 heteroatoms. The SMILES string of the molecule is CC(C)(C)C1CCCN(C(=O)c2cccc(=O)[nH]2)CC1. The Balaban J connectivity index is 2.07. The van der Waals surface area contributed by atoms with Crippen LogP contribution in [-0.2, 0) is 0 Å².